The Balaban J connectivity index is 1.52. The van der Waals surface area contributed by atoms with Gasteiger partial charge in [-0.25, -0.2) is 9.78 Å². The number of aliphatic carboxylic acids is 1. The highest BCUT2D eigenvalue weighted by atomic mass is 32.2. The fourth-order valence-electron chi connectivity index (χ4n) is 3.39. The molecule has 2 aromatic heterocycles. The Morgan fingerprint density at radius 3 is 2.81 bits per heavy atom. The number of carbonyl (C=O) groups excluding carboxylic acids is 2. The Kier molecular flexibility index (Phi) is 6.33. The second-order valence-corrected chi connectivity index (χ2v) is 9.95. The van der Waals surface area contributed by atoms with Gasteiger partial charge < -0.3 is 21.4 Å². The van der Waals surface area contributed by atoms with Gasteiger partial charge in [0.2, 0.25) is 5.91 Å². The molecule has 2 aromatic rings. The van der Waals surface area contributed by atoms with Crippen molar-refractivity contribution in [1.29, 1.82) is 0 Å². The summed E-state index contributed by atoms with van der Waals surface area (Å²) in [6, 6.07) is -1.08. The van der Waals surface area contributed by atoms with Crippen LogP contribution in [-0.4, -0.2) is 76.3 Å². The number of nitrogens with two attached hydrogens (primary N) is 1. The van der Waals surface area contributed by atoms with Crippen molar-refractivity contribution in [3.63, 3.8) is 0 Å². The minimum absolute atomic E-state index is 0.0779. The molecule has 4 rings (SSSR count). The van der Waals surface area contributed by atoms with Gasteiger partial charge >= 0.3 is 5.97 Å². The second-order valence-electron chi connectivity index (χ2n) is 6.63. The highest BCUT2D eigenvalue weighted by Gasteiger charge is 2.50. The second kappa shape index (κ2) is 9.17. The molecule has 168 valence electrons. The molecule has 0 spiro atoms. The summed E-state index contributed by atoms with van der Waals surface area (Å²) in [5, 5.41) is 37.7. The maximum absolute atomic E-state index is 12.8. The third-order valence-corrected chi connectivity index (χ3v) is 7.61. The summed E-state index contributed by atoms with van der Waals surface area (Å²) in [5.74, 6) is -2.25. The van der Waals surface area contributed by atoms with E-state index in [1.165, 1.54) is 40.0 Å². The van der Waals surface area contributed by atoms with Gasteiger partial charge in [-0.1, -0.05) is 16.9 Å². The van der Waals surface area contributed by atoms with Gasteiger partial charge in [0, 0.05) is 16.7 Å². The lowest BCUT2D eigenvalue weighted by Gasteiger charge is -2.48. The van der Waals surface area contributed by atoms with Crippen LogP contribution in [0.3, 0.4) is 0 Å². The summed E-state index contributed by atoms with van der Waals surface area (Å²) < 4.78 is 0. The first-order valence-electron chi connectivity index (χ1n) is 9.03. The number of nitrogen functional groups attached to an aromatic ring is 1. The Morgan fingerprint density at radius 2 is 2.22 bits per heavy atom. The fourth-order valence-corrected chi connectivity index (χ4v) is 6.07. The van der Waals surface area contributed by atoms with Crippen LogP contribution in [0.5, 0.6) is 0 Å². The lowest BCUT2D eigenvalue weighted by molar-refractivity contribution is -0.151. The van der Waals surface area contributed by atoms with Gasteiger partial charge in [0.25, 0.3) is 5.91 Å². The van der Waals surface area contributed by atoms with E-state index in [2.05, 4.69) is 30.9 Å². The van der Waals surface area contributed by atoms with Gasteiger partial charge in [-0.15, -0.1) is 28.2 Å². The first-order valence-corrected chi connectivity index (χ1v) is 11.9. The van der Waals surface area contributed by atoms with Crippen LogP contribution in [0.25, 0.3) is 0 Å². The molecule has 0 aliphatic carbocycles. The summed E-state index contributed by atoms with van der Waals surface area (Å²) in [7, 11) is 0. The molecule has 13 nitrogen and oxygen atoms in total. The van der Waals surface area contributed by atoms with Crippen LogP contribution in [0, 0.1) is 0 Å². The van der Waals surface area contributed by atoms with Crippen molar-refractivity contribution in [2.45, 2.75) is 30.0 Å². The molecular weight excluding hydrogens is 480 g/mol. The maximum Gasteiger partial charge on any atom is 0.353 e. The smallest absolute Gasteiger partial charge is 0.353 e. The van der Waals surface area contributed by atoms with Crippen LogP contribution in [-0.2, 0) is 14.4 Å². The largest absolute Gasteiger partial charge is 0.477 e. The molecule has 0 bridgehead atoms. The lowest BCUT2D eigenvalue weighted by atomic mass is 9.86. The van der Waals surface area contributed by atoms with Gasteiger partial charge in [0.1, 0.15) is 16.4 Å². The third kappa shape index (κ3) is 4.28. The molecular formula is C16H16N8O5S3. The number of hydrogen-bond acceptors (Lipinski definition) is 12. The Labute approximate surface area is 192 Å². The zero-order valence-corrected chi connectivity index (χ0v) is 18.5. The van der Waals surface area contributed by atoms with E-state index in [1.54, 1.807) is 0 Å². The number of fused-ring (bicyclic) bond motifs is 1. The zero-order chi connectivity index (χ0) is 22.8. The molecule has 2 amide bonds. The summed E-state index contributed by atoms with van der Waals surface area (Å²) in [5.41, 5.74) is 5.30. The number of anilines is 1. The van der Waals surface area contributed by atoms with Crippen molar-refractivity contribution in [3.8, 4) is 0 Å². The van der Waals surface area contributed by atoms with Crippen molar-refractivity contribution in [2.75, 3.05) is 10.8 Å². The fraction of sp³-hybridized carbons (Fsp3) is 0.312. The number of aromatic nitrogens is 4. The highest BCUT2D eigenvalue weighted by molar-refractivity contribution is 8.17. The monoisotopic (exact) mass is 496 g/mol. The lowest BCUT2D eigenvalue weighted by Crippen LogP contribution is -2.65. The summed E-state index contributed by atoms with van der Waals surface area (Å²) in [4.78, 5) is 42.5. The van der Waals surface area contributed by atoms with E-state index < -0.39 is 24.0 Å². The molecule has 2 aliphatic rings. The summed E-state index contributed by atoms with van der Waals surface area (Å²) in [6.07, 6.45) is 1.84. The van der Waals surface area contributed by atoms with Crippen molar-refractivity contribution < 1.29 is 24.7 Å². The molecule has 32 heavy (non-hydrogen) atoms. The van der Waals surface area contributed by atoms with Gasteiger partial charge in [0.05, 0.1) is 29.8 Å². The molecule has 2 aliphatic heterocycles. The Bertz CT molecular complexity index is 1110. The van der Waals surface area contributed by atoms with Crippen molar-refractivity contribution >= 4 is 63.5 Å². The predicted molar refractivity (Wildman–Crippen MR) is 116 cm³/mol. The Hall–Kier alpha value is -3.11. The van der Waals surface area contributed by atoms with Gasteiger partial charge in [-0.05, 0) is 0 Å². The number of oxime groups is 1. The SMILES string of the molecule is Nc1nc(/C(=N/O)C(=O)NC2CC(SCSc3cn[nH]n3)=C(C(=O)O)N3C(=O)C[C@@H]23)cs1. The summed E-state index contributed by atoms with van der Waals surface area (Å²) >= 11 is 3.68. The molecule has 2 atom stereocenters. The molecule has 6 N–H and O–H groups in total. The molecule has 0 saturated carbocycles. The molecule has 0 aromatic carbocycles. The van der Waals surface area contributed by atoms with Crippen molar-refractivity contribution in [1.82, 2.24) is 30.6 Å². The number of carboxylic acids is 1. The number of amides is 2. The van der Waals surface area contributed by atoms with E-state index in [9.17, 15) is 24.7 Å². The van der Waals surface area contributed by atoms with Crippen LogP contribution in [0.15, 0.2) is 32.4 Å². The number of H-pyrrole nitrogens is 1. The molecule has 16 heteroatoms. The number of thioether (sulfide) groups is 2. The number of nitrogens with zero attached hydrogens (tertiary/aromatic N) is 5. The van der Waals surface area contributed by atoms with Crippen LogP contribution in [0.1, 0.15) is 18.5 Å². The standard InChI is InChI=1S/C16H16N8O5S3/c17-16-20-7(4-30-16)12(22-29)14(26)19-6-1-9(31-5-32-10-3-18-23-21-10)13(15(27)28)24-8(6)2-11(24)25/h3-4,6,8,29H,1-2,5H2,(H2,17,20)(H,19,26)(H,27,28)(H,18,21,23)/b22-12-/t6?,8-/m0/s1. The van der Waals surface area contributed by atoms with Gasteiger partial charge in [-0.2, -0.15) is 10.3 Å². The van der Waals surface area contributed by atoms with E-state index in [-0.39, 0.29) is 41.0 Å². The van der Waals surface area contributed by atoms with E-state index in [4.69, 9.17) is 5.73 Å². The molecule has 1 unspecified atom stereocenters. The van der Waals surface area contributed by atoms with E-state index in [0.29, 0.717) is 15.0 Å². The highest BCUT2D eigenvalue weighted by Crippen LogP contribution is 2.42. The molecule has 1 fully saturated rings. The first kappa shape index (κ1) is 22.1. The molecule has 0 radical (unpaired) electrons. The quantitative estimate of drug-likeness (QED) is 0.0840. The van der Waals surface area contributed by atoms with Crippen LogP contribution in [0.4, 0.5) is 5.13 Å². The number of rotatable bonds is 8. The predicted octanol–water partition coefficient (Wildman–Crippen LogP) is 0.290. The van der Waals surface area contributed by atoms with Crippen molar-refractivity contribution in [2.24, 2.45) is 5.16 Å². The number of β-lactam (4-membered cyclic amide) rings is 1. The minimum Gasteiger partial charge on any atom is -0.477 e. The average Bonchev–Trinajstić information content (AvgIpc) is 3.41. The average molecular weight is 497 g/mol. The number of carbonyl (C=O) groups is 3. The van der Waals surface area contributed by atoms with Crippen LogP contribution >= 0.6 is 34.9 Å². The van der Waals surface area contributed by atoms with Crippen molar-refractivity contribution in [3.05, 3.63) is 27.9 Å². The number of carboxylic acid groups (broad SMARTS) is 1. The van der Waals surface area contributed by atoms with E-state index >= 15 is 0 Å². The molecule has 4 heterocycles. The van der Waals surface area contributed by atoms with Gasteiger partial charge in [0.15, 0.2) is 10.8 Å². The van der Waals surface area contributed by atoms with Crippen LogP contribution in [0.2, 0.25) is 0 Å². The topological polar surface area (TPSA) is 200 Å². The number of thiazole rings is 1. The number of nitrogens with one attached hydrogen (secondary N) is 2. The molecule has 1 saturated heterocycles. The third-order valence-electron chi connectivity index (χ3n) is 4.79. The number of aromatic amines is 1. The van der Waals surface area contributed by atoms with Gasteiger partial charge in [-0.3, -0.25) is 14.5 Å². The van der Waals surface area contributed by atoms with Crippen LogP contribution < -0.4 is 11.1 Å². The van der Waals surface area contributed by atoms with E-state index in [1.807, 2.05) is 0 Å². The normalized spacial score (nSPS) is 20.7. The maximum atomic E-state index is 12.8. The number of hydrogen-bond donors (Lipinski definition) is 5. The zero-order valence-electron chi connectivity index (χ0n) is 16.1. The van der Waals surface area contributed by atoms with E-state index in [0.717, 1.165) is 11.3 Å². The summed E-state index contributed by atoms with van der Waals surface area (Å²) in [6.45, 7) is 0. The Morgan fingerprint density at radius 1 is 1.41 bits per heavy atom. The first-order chi connectivity index (χ1) is 15.4. The minimum atomic E-state index is -1.21.